The van der Waals surface area contributed by atoms with Crippen LogP contribution in [-0.4, -0.2) is 40.2 Å². The molecule has 0 spiro atoms. The number of carbonyl (C=O) groups is 1. The molecular weight excluding hydrogens is 232 g/mol. The first-order valence-electron chi connectivity index (χ1n) is 4.67. The number of aliphatic hydroxyl groups is 1. The van der Waals surface area contributed by atoms with Crippen LogP contribution in [0.3, 0.4) is 0 Å². The predicted molar refractivity (Wildman–Crippen MR) is 66.2 cm³/mol. The Morgan fingerprint density at radius 2 is 1.94 bits per heavy atom. The van der Waals surface area contributed by atoms with E-state index < -0.39 is 17.4 Å². The van der Waals surface area contributed by atoms with Gasteiger partial charge in [0.05, 0.1) is 5.44 Å². The van der Waals surface area contributed by atoms with Gasteiger partial charge in [-0.15, -0.1) is 12.6 Å². The molecule has 0 amide bonds. The molecule has 0 aromatic rings. The van der Waals surface area contributed by atoms with E-state index in [-0.39, 0.29) is 5.96 Å². The average Bonchev–Trinajstić information content (AvgIpc) is 2.10. The van der Waals surface area contributed by atoms with E-state index in [2.05, 4.69) is 17.6 Å². The van der Waals surface area contributed by atoms with Gasteiger partial charge in [0, 0.05) is 6.54 Å². The Bertz CT molecular complexity index is 217. The number of nitrogens with two attached hydrogens (primary N) is 3. The number of hydrogen-bond donors (Lipinski definition) is 6. The fourth-order valence-electron chi connectivity index (χ4n) is 0.643. The van der Waals surface area contributed by atoms with Gasteiger partial charge in [0.1, 0.15) is 6.04 Å². The van der Waals surface area contributed by atoms with Gasteiger partial charge in [-0.2, -0.15) is 0 Å². The molecule has 16 heavy (non-hydrogen) atoms. The van der Waals surface area contributed by atoms with Crippen LogP contribution < -0.4 is 17.2 Å². The van der Waals surface area contributed by atoms with Gasteiger partial charge in [-0.25, -0.2) is 0 Å². The number of aliphatic hydroxyl groups excluding tert-OH is 1. The second-order valence-corrected chi connectivity index (χ2v) is 3.77. The lowest BCUT2D eigenvalue weighted by atomic mass is 10.2. The van der Waals surface area contributed by atoms with Gasteiger partial charge in [0.25, 0.3) is 0 Å². The van der Waals surface area contributed by atoms with Crippen molar-refractivity contribution in [1.29, 1.82) is 0 Å². The van der Waals surface area contributed by atoms with E-state index in [1.165, 1.54) is 0 Å². The highest BCUT2D eigenvalue weighted by Gasteiger charge is 2.09. The number of aliphatic carboxylic acids is 1. The first-order chi connectivity index (χ1) is 7.27. The Labute approximate surface area is 100 Å². The molecule has 0 rings (SSSR count). The quantitative estimate of drug-likeness (QED) is 0.118. The summed E-state index contributed by atoms with van der Waals surface area (Å²) in [6, 6.07) is -0.820. The van der Waals surface area contributed by atoms with E-state index in [0.717, 1.165) is 0 Å². The van der Waals surface area contributed by atoms with Crippen molar-refractivity contribution in [2.45, 2.75) is 31.2 Å². The van der Waals surface area contributed by atoms with Crippen molar-refractivity contribution in [1.82, 2.24) is 0 Å². The zero-order valence-corrected chi connectivity index (χ0v) is 10.1. The van der Waals surface area contributed by atoms with Crippen LogP contribution in [-0.2, 0) is 4.79 Å². The van der Waals surface area contributed by atoms with E-state index in [0.29, 0.717) is 19.4 Å². The Morgan fingerprint density at radius 3 is 2.25 bits per heavy atom. The van der Waals surface area contributed by atoms with Crippen LogP contribution in [0.4, 0.5) is 0 Å². The molecule has 0 heterocycles. The molecule has 0 aliphatic carbocycles. The number of thiol groups is 1. The lowest BCUT2D eigenvalue weighted by molar-refractivity contribution is -0.138. The second kappa shape index (κ2) is 10.5. The number of hydrogen-bond acceptors (Lipinski definition) is 5. The van der Waals surface area contributed by atoms with Crippen LogP contribution in [0.15, 0.2) is 4.99 Å². The van der Waals surface area contributed by atoms with Gasteiger partial charge >= 0.3 is 5.97 Å². The minimum Gasteiger partial charge on any atom is -0.480 e. The lowest BCUT2D eigenvalue weighted by Crippen LogP contribution is -2.30. The van der Waals surface area contributed by atoms with Crippen LogP contribution >= 0.6 is 12.6 Å². The maximum Gasteiger partial charge on any atom is 0.320 e. The van der Waals surface area contributed by atoms with Crippen LogP contribution in [0.25, 0.3) is 0 Å². The van der Waals surface area contributed by atoms with E-state index in [1.54, 1.807) is 6.92 Å². The first-order valence-corrected chi connectivity index (χ1v) is 5.19. The molecule has 1 unspecified atom stereocenters. The highest BCUT2D eigenvalue weighted by atomic mass is 32.1. The largest absolute Gasteiger partial charge is 0.480 e. The van der Waals surface area contributed by atoms with Gasteiger partial charge < -0.3 is 27.4 Å². The van der Waals surface area contributed by atoms with Crippen molar-refractivity contribution in [3.63, 3.8) is 0 Å². The third-order valence-electron chi connectivity index (χ3n) is 1.28. The van der Waals surface area contributed by atoms with Crippen molar-refractivity contribution in [3.8, 4) is 0 Å². The molecule has 0 aromatic carbocycles. The summed E-state index contributed by atoms with van der Waals surface area (Å²) in [5.41, 5.74) is 14.8. The molecular formula is C8H20N4O3S. The monoisotopic (exact) mass is 252 g/mol. The fraction of sp³-hybridized carbons (Fsp3) is 0.750. The van der Waals surface area contributed by atoms with Gasteiger partial charge in [0.2, 0.25) is 0 Å². The number of carboxylic acid groups (broad SMARTS) is 1. The number of carboxylic acids is 1. The normalized spacial score (nSPS) is 13.0. The molecule has 8 N–H and O–H groups in total. The summed E-state index contributed by atoms with van der Waals surface area (Å²) in [6.07, 6.45) is 0.956. The molecule has 2 atom stereocenters. The zero-order chi connectivity index (χ0) is 13.1. The Balaban J connectivity index is 0. The summed E-state index contributed by atoms with van der Waals surface area (Å²) in [5.74, 6) is -0.987. The average molecular weight is 252 g/mol. The molecule has 7 nitrogen and oxygen atoms in total. The summed E-state index contributed by atoms with van der Waals surface area (Å²) in [6.45, 7) is 2.01. The van der Waals surface area contributed by atoms with Gasteiger partial charge in [0.15, 0.2) is 5.96 Å². The molecule has 8 heteroatoms. The highest BCUT2D eigenvalue weighted by molar-refractivity contribution is 7.80. The lowest BCUT2D eigenvalue weighted by Gasteiger charge is -2.03. The van der Waals surface area contributed by atoms with Crippen LogP contribution in [0.1, 0.15) is 19.8 Å². The van der Waals surface area contributed by atoms with Crippen molar-refractivity contribution < 1.29 is 15.0 Å². The predicted octanol–water partition coefficient (Wildman–Crippen LogP) is -1.29. The topological polar surface area (TPSA) is 148 Å². The molecule has 0 bridgehead atoms. The van der Waals surface area contributed by atoms with Gasteiger partial charge in [-0.05, 0) is 19.8 Å². The van der Waals surface area contributed by atoms with Gasteiger partial charge in [-0.3, -0.25) is 9.79 Å². The molecule has 0 aliphatic rings. The second-order valence-electron chi connectivity index (χ2n) is 3.03. The van der Waals surface area contributed by atoms with E-state index in [1.807, 2.05) is 0 Å². The summed E-state index contributed by atoms with van der Waals surface area (Å²) in [7, 11) is 0. The van der Waals surface area contributed by atoms with E-state index in [4.69, 9.17) is 27.4 Å². The summed E-state index contributed by atoms with van der Waals surface area (Å²) < 4.78 is 0. The molecule has 0 aliphatic heterocycles. The molecule has 0 fully saturated rings. The maximum absolute atomic E-state index is 10.2. The number of aliphatic imine (C=N–C) groups is 1. The summed E-state index contributed by atoms with van der Waals surface area (Å²) in [4.78, 5) is 13.9. The van der Waals surface area contributed by atoms with E-state index >= 15 is 0 Å². The molecule has 0 radical (unpaired) electrons. The Kier molecular flexibility index (Phi) is 11.5. The molecule has 96 valence electrons. The molecule has 0 aromatic heterocycles. The van der Waals surface area contributed by atoms with Crippen LogP contribution in [0, 0.1) is 0 Å². The molecule has 0 saturated heterocycles. The fourth-order valence-corrected chi connectivity index (χ4v) is 0.643. The minimum atomic E-state index is -1.00. The standard InChI is InChI=1S/C6H14N4O2.C2H6OS/c7-4(5(11)12)2-1-3-10-6(8)9;1-2(3)4/h4H,1-3,7H2,(H,11,12)(H4,8,9,10);2-4H,1H3/t4-;/m0./s1. The number of guanidine groups is 1. The number of nitrogens with zero attached hydrogens (tertiary/aromatic N) is 1. The third-order valence-corrected chi connectivity index (χ3v) is 1.28. The minimum absolute atomic E-state index is 0.0129. The van der Waals surface area contributed by atoms with Crippen molar-refractivity contribution >= 4 is 24.6 Å². The van der Waals surface area contributed by atoms with E-state index in [9.17, 15) is 4.79 Å². The smallest absolute Gasteiger partial charge is 0.320 e. The zero-order valence-electron chi connectivity index (χ0n) is 9.21. The molecule has 0 saturated carbocycles. The maximum atomic E-state index is 10.2. The van der Waals surface area contributed by atoms with Crippen molar-refractivity contribution in [3.05, 3.63) is 0 Å². The Morgan fingerprint density at radius 1 is 1.50 bits per heavy atom. The Hall–Kier alpha value is -0.990. The third kappa shape index (κ3) is 18.7. The summed E-state index contributed by atoms with van der Waals surface area (Å²) >= 11 is 3.52. The van der Waals surface area contributed by atoms with Crippen LogP contribution in [0.5, 0.6) is 0 Å². The van der Waals surface area contributed by atoms with Crippen LogP contribution in [0.2, 0.25) is 0 Å². The number of rotatable bonds is 5. The SMILES string of the molecule is CC(O)S.NC(N)=NCCC[C@H](N)C(=O)O. The summed E-state index contributed by atoms with van der Waals surface area (Å²) in [5, 5.41) is 16.3. The highest BCUT2D eigenvalue weighted by Crippen LogP contribution is 1.94. The first kappa shape index (κ1) is 17.4. The van der Waals surface area contributed by atoms with Crippen molar-refractivity contribution in [2.24, 2.45) is 22.2 Å². The van der Waals surface area contributed by atoms with Crippen molar-refractivity contribution in [2.75, 3.05) is 6.54 Å². The van der Waals surface area contributed by atoms with Gasteiger partial charge in [-0.1, -0.05) is 0 Å².